The number of benzene rings is 1. The van der Waals surface area contributed by atoms with Crippen molar-refractivity contribution in [3.05, 3.63) is 29.8 Å². The van der Waals surface area contributed by atoms with E-state index >= 15 is 0 Å². The van der Waals surface area contributed by atoms with Crippen molar-refractivity contribution < 1.29 is 0 Å². The standard InChI is InChI=1S/C13H19NS/c1-2-11-3-5-13(6-4-11)14-9-12-7-8-15-10-12/h3-6,12,14H,2,7-10H2,1H3. The number of hydrogen-bond donors (Lipinski definition) is 1. The molecule has 0 aromatic heterocycles. The van der Waals surface area contributed by atoms with Gasteiger partial charge in [0.25, 0.3) is 0 Å². The predicted octanol–water partition coefficient (Wildman–Crippen LogP) is 3.41. The Morgan fingerprint density at radius 1 is 1.33 bits per heavy atom. The van der Waals surface area contributed by atoms with Gasteiger partial charge >= 0.3 is 0 Å². The van der Waals surface area contributed by atoms with Gasteiger partial charge in [-0.2, -0.15) is 11.8 Å². The van der Waals surface area contributed by atoms with Crippen molar-refractivity contribution in [2.24, 2.45) is 5.92 Å². The van der Waals surface area contributed by atoms with Crippen LogP contribution >= 0.6 is 11.8 Å². The highest BCUT2D eigenvalue weighted by Gasteiger charge is 2.14. The Labute approximate surface area is 96.7 Å². The molecule has 1 aliphatic heterocycles. The van der Waals surface area contributed by atoms with Crippen molar-refractivity contribution in [1.29, 1.82) is 0 Å². The maximum atomic E-state index is 3.52. The summed E-state index contributed by atoms with van der Waals surface area (Å²) in [6.45, 7) is 3.33. The maximum absolute atomic E-state index is 3.52. The van der Waals surface area contributed by atoms with Crippen LogP contribution in [0.5, 0.6) is 0 Å². The third kappa shape index (κ3) is 3.16. The van der Waals surface area contributed by atoms with Gasteiger partial charge in [0.2, 0.25) is 0 Å². The van der Waals surface area contributed by atoms with Crippen molar-refractivity contribution in [1.82, 2.24) is 0 Å². The fourth-order valence-electron chi connectivity index (χ4n) is 1.86. The van der Waals surface area contributed by atoms with Crippen LogP contribution in [0.25, 0.3) is 0 Å². The Bertz CT molecular complexity index is 288. The molecule has 82 valence electrons. The number of thioether (sulfide) groups is 1. The molecule has 1 aliphatic rings. The Morgan fingerprint density at radius 2 is 2.13 bits per heavy atom. The zero-order valence-electron chi connectivity index (χ0n) is 9.33. The second kappa shape index (κ2) is 5.45. The first-order chi connectivity index (χ1) is 7.38. The monoisotopic (exact) mass is 221 g/mol. The first-order valence-electron chi connectivity index (χ1n) is 5.79. The minimum atomic E-state index is 0.876. The molecular formula is C13H19NS. The normalized spacial score (nSPS) is 20.5. The molecule has 1 unspecified atom stereocenters. The molecule has 1 aromatic rings. The Hall–Kier alpha value is -0.630. The summed E-state index contributed by atoms with van der Waals surface area (Å²) in [5.41, 5.74) is 2.68. The first kappa shape index (κ1) is 10.9. The molecule has 15 heavy (non-hydrogen) atoms. The van der Waals surface area contributed by atoms with Crippen molar-refractivity contribution in [2.75, 3.05) is 23.4 Å². The highest BCUT2D eigenvalue weighted by Crippen LogP contribution is 2.23. The fraction of sp³-hybridized carbons (Fsp3) is 0.538. The molecule has 1 saturated heterocycles. The zero-order chi connectivity index (χ0) is 10.5. The lowest BCUT2D eigenvalue weighted by Gasteiger charge is -2.11. The van der Waals surface area contributed by atoms with Crippen LogP contribution in [0.3, 0.4) is 0 Å². The van der Waals surface area contributed by atoms with Gasteiger partial charge in [-0.25, -0.2) is 0 Å². The van der Waals surface area contributed by atoms with E-state index in [1.54, 1.807) is 0 Å². The molecule has 1 fully saturated rings. The summed E-state index contributed by atoms with van der Waals surface area (Å²) in [6, 6.07) is 8.82. The molecule has 2 heteroatoms. The van der Waals surface area contributed by atoms with Crippen LogP contribution < -0.4 is 5.32 Å². The average molecular weight is 221 g/mol. The third-order valence-electron chi connectivity index (χ3n) is 2.98. The van der Waals surface area contributed by atoms with E-state index in [-0.39, 0.29) is 0 Å². The van der Waals surface area contributed by atoms with Gasteiger partial charge in [-0.05, 0) is 48.0 Å². The third-order valence-corrected chi connectivity index (χ3v) is 4.21. The van der Waals surface area contributed by atoms with Crippen LogP contribution in [0.4, 0.5) is 5.69 Å². The van der Waals surface area contributed by atoms with Crippen molar-refractivity contribution in [2.45, 2.75) is 19.8 Å². The first-order valence-corrected chi connectivity index (χ1v) is 6.94. The van der Waals surface area contributed by atoms with Crippen LogP contribution in [0, 0.1) is 5.92 Å². The summed E-state index contributed by atoms with van der Waals surface area (Å²) in [5, 5.41) is 3.52. The molecule has 0 bridgehead atoms. The molecule has 1 aromatic carbocycles. The maximum Gasteiger partial charge on any atom is 0.0340 e. The molecule has 0 spiro atoms. The molecule has 1 nitrogen and oxygen atoms in total. The van der Waals surface area contributed by atoms with E-state index < -0.39 is 0 Å². The summed E-state index contributed by atoms with van der Waals surface area (Å²) < 4.78 is 0. The molecule has 0 saturated carbocycles. The average Bonchev–Trinajstić information content (AvgIpc) is 2.80. The Kier molecular flexibility index (Phi) is 3.95. The smallest absolute Gasteiger partial charge is 0.0340 e. The topological polar surface area (TPSA) is 12.0 Å². The highest BCUT2D eigenvalue weighted by molar-refractivity contribution is 7.99. The molecule has 0 aliphatic carbocycles. The molecule has 2 rings (SSSR count). The zero-order valence-corrected chi connectivity index (χ0v) is 10.1. The lowest BCUT2D eigenvalue weighted by atomic mass is 10.1. The van der Waals surface area contributed by atoms with Gasteiger partial charge in [-0.3, -0.25) is 0 Å². The van der Waals surface area contributed by atoms with Crippen molar-refractivity contribution in [3.8, 4) is 0 Å². The Morgan fingerprint density at radius 3 is 2.73 bits per heavy atom. The summed E-state index contributed by atoms with van der Waals surface area (Å²) in [7, 11) is 0. The largest absolute Gasteiger partial charge is 0.385 e. The van der Waals surface area contributed by atoms with Gasteiger partial charge < -0.3 is 5.32 Å². The minimum absolute atomic E-state index is 0.876. The molecular weight excluding hydrogens is 202 g/mol. The van der Waals surface area contributed by atoms with Gasteiger partial charge in [-0.1, -0.05) is 19.1 Å². The number of anilines is 1. The molecule has 0 radical (unpaired) electrons. The van der Waals surface area contributed by atoms with Gasteiger partial charge in [0, 0.05) is 12.2 Å². The van der Waals surface area contributed by atoms with Crippen LogP contribution in [-0.2, 0) is 6.42 Å². The second-order valence-electron chi connectivity index (χ2n) is 4.16. The summed E-state index contributed by atoms with van der Waals surface area (Å²) in [5.74, 6) is 3.56. The second-order valence-corrected chi connectivity index (χ2v) is 5.31. The lowest BCUT2D eigenvalue weighted by molar-refractivity contribution is 0.632. The van der Waals surface area contributed by atoms with Crippen LogP contribution in [0.15, 0.2) is 24.3 Å². The van der Waals surface area contributed by atoms with Crippen LogP contribution in [-0.4, -0.2) is 18.1 Å². The number of rotatable bonds is 4. The quantitative estimate of drug-likeness (QED) is 0.836. The van der Waals surface area contributed by atoms with Crippen molar-refractivity contribution >= 4 is 17.4 Å². The van der Waals surface area contributed by atoms with E-state index in [2.05, 4.69) is 48.3 Å². The van der Waals surface area contributed by atoms with Crippen molar-refractivity contribution in [3.63, 3.8) is 0 Å². The van der Waals surface area contributed by atoms with Gasteiger partial charge in [0.15, 0.2) is 0 Å². The number of hydrogen-bond acceptors (Lipinski definition) is 2. The van der Waals surface area contributed by atoms with E-state index in [1.807, 2.05) is 0 Å². The highest BCUT2D eigenvalue weighted by atomic mass is 32.2. The van der Waals surface area contributed by atoms with E-state index in [0.29, 0.717) is 0 Å². The molecule has 1 atom stereocenters. The van der Waals surface area contributed by atoms with E-state index in [1.165, 1.54) is 29.2 Å². The van der Waals surface area contributed by atoms with Gasteiger partial charge in [0.1, 0.15) is 0 Å². The van der Waals surface area contributed by atoms with E-state index in [0.717, 1.165) is 18.9 Å². The Balaban J connectivity index is 1.82. The summed E-state index contributed by atoms with van der Waals surface area (Å²) in [6.07, 6.45) is 2.50. The van der Waals surface area contributed by atoms with E-state index in [4.69, 9.17) is 0 Å². The van der Waals surface area contributed by atoms with Crippen LogP contribution in [0.2, 0.25) is 0 Å². The SMILES string of the molecule is CCc1ccc(NCC2CCSC2)cc1. The molecule has 1 heterocycles. The summed E-state index contributed by atoms with van der Waals surface area (Å²) >= 11 is 2.08. The number of aryl methyl sites for hydroxylation is 1. The van der Waals surface area contributed by atoms with E-state index in [9.17, 15) is 0 Å². The molecule has 1 N–H and O–H groups in total. The van der Waals surface area contributed by atoms with Crippen LogP contribution in [0.1, 0.15) is 18.9 Å². The lowest BCUT2D eigenvalue weighted by Crippen LogP contribution is -2.13. The fourth-order valence-corrected chi connectivity index (χ4v) is 3.15. The number of nitrogens with one attached hydrogen (secondary N) is 1. The van der Waals surface area contributed by atoms with Gasteiger partial charge in [-0.15, -0.1) is 0 Å². The van der Waals surface area contributed by atoms with Gasteiger partial charge in [0.05, 0.1) is 0 Å². The summed E-state index contributed by atoms with van der Waals surface area (Å²) in [4.78, 5) is 0. The molecule has 0 amide bonds. The predicted molar refractivity (Wildman–Crippen MR) is 69.7 cm³/mol. The minimum Gasteiger partial charge on any atom is -0.385 e.